The summed E-state index contributed by atoms with van der Waals surface area (Å²) in [6, 6.07) is 8.37. The molecule has 0 unspecified atom stereocenters. The van der Waals surface area contributed by atoms with E-state index in [1.54, 1.807) is 0 Å². The van der Waals surface area contributed by atoms with Crippen molar-refractivity contribution in [3.05, 3.63) is 36.1 Å². The van der Waals surface area contributed by atoms with Crippen molar-refractivity contribution >= 4 is 11.0 Å². The van der Waals surface area contributed by atoms with Crippen molar-refractivity contribution < 1.29 is 4.42 Å². The Labute approximate surface area is 116 Å². The van der Waals surface area contributed by atoms with Gasteiger partial charge in [-0.25, -0.2) is 0 Å². The number of fused-ring (bicyclic) bond motifs is 1. The van der Waals surface area contributed by atoms with Crippen molar-refractivity contribution in [2.75, 3.05) is 0 Å². The van der Waals surface area contributed by atoms with Crippen LogP contribution in [0.4, 0.5) is 0 Å². The molecule has 0 radical (unpaired) electrons. The van der Waals surface area contributed by atoms with E-state index in [1.165, 1.54) is 68.7 Å². The molecule has 0 aliphatic heterocycles. The Morgan fingerprint density at radius 3 is 2.74 bits per heavy atom. The normalized spacial score (nSPS) is 17.1. The van der Waals surface area contributed by atoms with E-state index in [9.17, 15) is 0 Å². The van der Waals surface area contributed by atoms with Crippen LogP contribution in [-0.2, 0) is 6.42 Å². The van der Waals surface area contributed by atoms with Crippen molar-refractivity contribution in [3.63, 3.8) is 0 Å². The van der Waals surface area contributed by atoms with Crippen molar-refractivity contribution in [1.82, 2.24) is 0 Å². The maximum Gasteiger partial charge on any atom is 0.134 e. The van der Waals surface area contributed by atoms with Crippen molar-refractivity contribution in [2.24, 2.45) is 5.92 Å². The minimum Gasteiger partial charge on any atom is -0.464 e. The molecule has 1 aromatic heterocycles. The molecule has 1 fully saturated rings. The summed E-state index contributed by atoms with van der Waals surface area (Å²) in [6.45, 7) is 0. The van der Waals surface area contributed by atoms with Gasteiger partial charge in [0.2, 0.25) is 0 Å². The second kappa shape index (κ2) is 6.27. The van der Waals surface area contributed by atoms with Gasteiger partial charge in [0.25, 0.3) is 0 Å². The second-order valence-electron chi connectivity index (χ2n) is 6.01. The fraction of sp³-hybridized carbons (Fsp3) is 0.556. The zero-order valence-electron chi connectivity index (χ0n) is 11.7. The van der Waals surface area contributed by atoms with Gasteiger partial charge in [-0.3, -0.25) is 0 Å². The second-order valence-corrected chi connectivity index (χ2v) is 6.01. The van der Waals surface area contributed by atoms with Crippen LogP contribution >= 0.6 is 0 Å². The van der Waals surface area contributed by atoms with Crippen LogP contribution in [0.15, 0.2) is 34.9 Å². The van der Waals surface area contributed by atoms with E-state index in [-0.39, 0.29) is 0 Å². The number of aryl methyl sites for hydroxylation is 1. The first-order valence-electron chi connectivity index (χ1n) is 7.88. The van der Waals surface area contributed by atoms with E-state index in [0.29, 0.717) is 0 Å². The van der Waals surface area contributed by atoms with E-state index < -0.39 is 0 Å². The van der Waals surface area contributed by atoms with Crippen molar-refractivity contribution in [1.29, 1.82) is 0 Å². The Hall–Kier alpha value is -1.24. The van der Waals surface area contributed by atoms with Crippen LogP contribution in [0.25, 0.3) is 11.0 Å². The van der Waals surface area contributed by atoms with Crippen LogP contribution in [0.5, 0.6) is 0 Å². The molecule has 0 bridgehead atoms. The van der Waals surface area contributed by atoms with E-state index in [2.05, 4.69) is 18.2 Å². The molecule has 19 heavy (non-hydrogen) atoms. The third-order valence-corrected chi connectivity index (χ3v) is 4.59. The van der Waals surface area contributed by atoms with Gasteiger partial charge in [0.15, 0.2) is 0 Å². The van der Waals surface area contributed by atoms with Crippen LogP contribution in [0.2, 0.25) is 0 Å². The average molecular weight is 256 g/mol. The minimum absolute atomic E-state index is 1.02. The number of rotatable bonds is 5. The molecule has 0 N–H and O–H groups in total. The molecule has 1 aromatic carbocycles. The summed E-state index contributed by atoms with van der Waals surface area (Å²) in [6.07, 6.45) is 14.6. The number of unbranched alkanes of at least 4 members (excludes halogenated alkanes) is 1. The van der Waals surface area contributed by atoms with E-state index >= 15 is 0 Å². The smallest absolute Gasteiger partial charge is 0.134 e. The van der Waals surface area contributed by atoms with Crippen LogP contribution in [0, 0.1) is 5.92 Å². The summed E-state index contributed by atoms with van der Waals surface area (Å²) in [5.74, 6) is 1.02. The molecule has 3 rings (SSSR count). The third-order valence-electron chi connectivity index (χ3n) is 4.59. The van der Waals surface area contributed by atoms with Gasteiger partial charge in [-0.05, 0) is 30.4 Å². The Kier molecular flexibility index (Phi) is 4.22. The van der Waals surface area contributed by atoms with Gasteiger partial charge in [0, 0.05) is 5.39 Å². The van der Waals surface area contributed by atoms with Gasteiger partial charge in [0.05, 0.1) is 6.26 Å². The standard InChI is InChI=1S/C18H24O/c1-2-8-15(9-3-1)10-4-5-11-16-14-19-18-13-7-6-12-17(16)18/h6-7,12-15H,1-5,8-11H2. The summed E-state index contributed by atoms with van der Waals surface area (Å²) in [4.78, 5) is 0. The zero-order valence-corrected chi connectivity index (χ0v) is 11.7. The minimum atomic E-state index is 1.02. The number of benzene rings is 1. The lowest BCUT2D eigenvalue weighted by Crippen LogP contribution is -2.05. The van der Waals surface area contributed by atoms with E-state index in [1.807, 2.05) is 12.3 Å². The highest BCUT2D eigenvalue weighted by Gasteiger charge is 2.12. The largest absolute Gasteiger partial charge is 0.464 e. The lowest BCUT2D eigenvalue weighted by molar-refractivity contribution is 0.330. The molecule has 1 aliphatic carbocycles. The maximum absolute atomic E-state index is 5.60. The lowest BCUT2D eigenvalue weighted by Gasteiger charge is -2.21. The third kappa shape index (κ3) is 3.20. The van der Waals surface area contributed by atoms with Crippen LogP contribution < -0.4 is 0 Å². The molecule has 0 amide bonds. The van der Waals surface area contributed by atoms with Gasteiger partial charge < -0.3 is 4.42 Å². The van der Waals surface area contributed by atoms with Crippen LogP contribution in [0.3, 0.4) is 0 Å². The van der Waals surface area contributed by atoms with Gasteiger partial charge in [0.1, 0.15) is 5.58 Å². The summed E-state index contributed by atoms with van der Waals surface area (Å²) in [5, 5.41) is 1.31. The molecule has 1 heterocycles. The molecule has 1 aliphatic rings. The van der Waals surface area contributed by atoms with Crippen molar-refractivity contribution in [2.45, 2.75) is 57.8 Å². The molecule has 0 saturated heterocycles. The fourth-order valence-corrected chi connectivity index (χ4v) is 3.45. The summed E-state index contributed by atoms with van der Waals surface area (Å²) < 4.78 is 5.60. The molecular weight excluding hydrogens is 232 g/mol. The molecule has 102 valence electrons. The Bertz CT molecular complexity index is 505. The SMILES string of the molecule is c1ccc2c(CCCCC3CCCCC3)coc2c1. The van der Waals surface area contributed by atoms with E-state index in [4.69, 9.17) is 4.42 Å². The quantitative estimate of drug-likeness (QED) is 0.623. The number of hydrogen-bond donors (Lipinski definition) is 0. The highest BCUT2D eigenvalue weighted by atomic mass is 16.3. The molecule has 1 heteroatoms. The maximum atomic E-state index is 5.60. The molecular formula is C18H24O. The van der Waals surface area contributed by atoms with Gasteiger partial charge in [-0.15, -0.1) is 0 Å². The first-order chi connectivity index (χ1) is 9.43. The highest BCUT2D eigenvalue weighted by molar-refractivity contribution is 5.80. The number of hydrogen-bond acceptors (Lipinski definition) is 1. The molecule has 1 saturated carbocycles. The van der Waals surface area contributed by atoms with Crippen LogP contribution in [0.1, 0.15) is 56.9 Å². The molecule has 0 spiro atoms. The fourth-order valence-electron chi connectivity index (χ4n) is 3.45. The lowest BCUT2D eigenvalue weighted by atomic mass is 9.85. The summed E-state index contributed by atoms with van der Waals surface area (Å²) in [7, 11) is 0. The van der Waals surface area contributed by atoms with Gasteiger partial charge in [-0.1, -0.05) is 63.1 Å². The van der Waals surface area contributed by atoms with Crippen molar-refractivity contribution in [3.8, 4) is 0 Å². The molecule has 0 atom stereocenters. The molecule has 1 nitrogen and oxygen atoms in total. The first kappa shape index (κ1) is 12.8. The summed E-state index contributed by atoms with van der Waals surface area (Å²) in [5.41, 5.74) is 2.42. The highest BCUT2D eigenvalue weighted by Crippen LogP contribution is 2.28. The number of furan rings is 1. The average Bonchev–Trinajstić information content (AvgIpc) is 2.88. The Morgan fingerprint density at radius 2 is 1.84 bits per heavy atom. The molecule has 2 aromatic rings. The zero-order chi connectivity index (χ0) is 12.9. The first-order valence-corrected chi connectivity index (χ1v) is 7.88. The Balaban J connectivity index is 1.47. The predicted octanol–water partition coefficient (Wildman–Crippen LogP) is 5.73. The topological polar surface area (TPSA) is 13.1 Å². The number of para-hydroxylation sites is 1. The Morgan fingerprint density at radius 1 is 1.00 bits per heavy atom. The van der Waals surface area contributed by atoms with Gasteiger partial charge in [-0.2, -0.15) is 0 Å². The van der Waals surface area contributed by atoms with Crippen LogP contribution in [-0.4, -0.2) is 0 Å². The predicted molar refractivity (Wildman–Crippen MR) is 80.3 cm³/mol. The van der Waals surface area contributed by atoms with E-state index in [0.717, 1.165) is 11.5 Å². The van der Waals surface area contributed by atoms with Gasteiger partial charge >= 0.3 is 0 Å². The summed E-state index contributed by atoms with van der Waals surface area (Å²) >= 11 is 0. The monoisotopic (exact) mass is 256 g/mol.